The van der Waals surface area contributed by atoms with Gasteiger partial charge in [0.25, 0.3) is 0 Å². The van der Waals surface area contributed by atoms with E-state index in [1.54, 1.807) is 16.9 Å². The van der Waals surface area contributed by atoms with Gasteiger partial charge in [-0.1, -0.05) is 41.0 Å². The summed E-state index contributed by atoms with van der Waals surface area (Å²) >= 11 is 14.0. The van der Waals surface area contributed by atoms with Crippen molar-refractivity contribution in [3.05, 3.63) is 40.8 Å². The van der Waals surface area contributed by atoms with E-state index < -0.39 is 0 Å². The van der Waals surface area contributed by atoms with Crippen molar-refractivity contribution >= 4 is 46.6 Å². The van der Waals surface area contributed by atoms with Crippen LogP contribution in [0.4, 0.5) is 5.95 Å². The molecule has 0 saturated carbocycles. The lowest BCUT2D eigenvalue weighted by Crippen LogP contribution is -2.51. The van der Waals surface area contributed by atoms with Gasteiger partial charge < -0.3 is 15.4 Å². The van der Waals surface area contributed by atoms with Gasteiger partial charge >= 0.3 is 0 Å². The Bertz CT molecular complexity index is 1080. The molecule has 1 aromatic carbocycles. The summed E-state index contributed by atoms with van der Waals surface area (Å²) in [6.45, 7) is 4.52. The van der Waals surface area contributed by atoms with E-state index in [1.165, 1.54) is 11.8 Å². The Morgan fingerprint density at radius 3 is 2.73 bits per heavy atom. The second kappa shape index (κ2) is 7.84. The van der Waals surface area contributed by atoms with Gasteiger partial charge in [-0.15, -0.1) is 0 Å². The number of fused-ring (bicyclic) bond motifs is 1. The minimum absolute atomic E-state index is 0.0660. The van der Waals surface area contributed by atoms with Crippen LogP contribution < -0.4 is 10.6 Å². The van der Waals surface area contributed by atoms with Crippen LogP contribution in [0, 0.1) is 5.41 Å². The number of ether oxygens (including phenoxy) is 1. The van der Waals surface area contributed by atoms with Crippen LogP contribution in [0.15, 0.2) is 40.5 Å². The SMILES string of the molecule is C[C@H]1OCC2(CCN(c3ncc(Sc4cccc(Cl)c4Cl)c4ncnn34)CC2)[C@@H]1N. The van der Waals surface area contributed by atoms with Crippen LogP contribution in [0.5, 0.6) is 0 Å². The summed E-state index contributed by atoms with van der Waals surface area (Å²) in [6.07, 6.45) is 5.46. The summed E-state index contributed by atoms with van der Waals surface area (Å²) in [7, 11) is 0. The molecule has 2 saturated heterocycles. The Balaban J connectivity index is 1.40. The van der Waals surface area contributed by atoms with Gasteiger partial charge in [-0.3, -0.25) is 0 Å². The van der Waals surface area contributed by atoms with Gasteiger partial charge in [-0.2, -0.15) is 9.61 Å². The van der Waals surface area contributed by atoms with E-state index in [4.69, 9.17) is 38.7 Å². The fourth-order valence-electron chi connectivity index (χ4n) is 4.38. The maximum atomic E-state index is 6.45. The Morgan fingerprint density at radius 2 is 2.00 bits per heavy atom. The predicted molar refractivity (Wildman–Crippen MR) is 119 cm³/mol. The number of halogens is 2. The molecular weight excluding hydrogens is 443 g/mol. The van der Waals surface area contributed by atoms with E-state index in [-0.39, 0.29) is 17.6 Å². The predicted octanol–water partition coefficient (Wildman–Crippen LogP) is 3.91. The highest BCUT2D eigenvalue weighted by molar-refractivity contribution is 7.99. The Morgan fingerprint density at radius 1 is 1.20 bits per heavy atom. The fourth-order valence-corrected chi connectivity index (χ4v) is 5.77. The topological polar surface area (TPSA) is 81.6 Å². The Kier molecular flexibility index (Phi) is 5.31. The summed E-state index contributed by atoms with van der Waals surface area (Å²) in [5.74, 6) is 0.791. The molecule has 2 atom stereocenters. The summed E-state index contributed by atoms with van der Waals surface area (Å²) in [5.41, 5.74) is 7.26. The average molecular weight is 465 g/mol. The molecule has 2 fully saturated rings. The summed E-state index contributed by atoms with van der Waals surface area (Å²) in [6, 6.07) is 5.66. The van der Waals surface area contributed by atoms with Crippen molar-refractivity contribution in [3.63, 3.8) is 0 Å². The minimum atomic E-state index is 0.0660. The first-order valence-corrected chi connectivity index (χ1v) is 11.5. The number of nitrogens with zero attached hydrogens (tertiary/aromatic N) is 5. The molecule has 4 heterocycles. The van der Waals surface area contributed by atoms with Crippen molar-refractivity contribution < 1.29 is 4.74 Å². The Hall–Kier alpha value is -1.58. The van der Waals surface area contributed by atoms with Gasteiger partial charge in [0.2, 0.25) is 5.95 Å². The highest BCUT2D eigenvalue weighted by atomic mass is 35.5. The fraction of sp³-hybridized carbons (Fsp3) is 0.450. The van der Waals surface area contributed by atoms with Crippen LogP contribution in [-0.2, 0) is 4.74 Å². The largest absolute Gasteiger partial charge is 0.376 e. The van der Waals surface area contributed by atoms with E-state index in [1.807, 2.05) is 18.3 Å². The third-order valence-corrected chi connectivity index (χ3v) is 8.28. The molecule has 0 radical (unpaired) electrons. The van der Waals surface area contributed by atoms with Gasteiger partial charge in [0.1, 0.15) is 6.33 Å². The lowest BCUT2D eigenvalue weighted by Gasteiger charge is -2.41. The number of nitrogens with two attached hydrogens (primary N) is 1. The Labute approximate surface area is 188 Å². The van der Waals surface area contributed by atoms with Crippen molar-refractivity contribution in [2.24, 2.45) is 11.1 Å². The van der Waals surface area contributed by atoms with Gasteiger partial charge in [-0.05, 0) is 31.9 Å². The first-order valence-electron chi connectivity index (χ1n) is 9.91. The monoisotopic (exact) mass is 464 g/mol. The maximum absolute atomic E-state index is 6.45. The van der Waals surface area contributed by atoms with Gasteiger partial charge in [0.05, 0.1) is 27.7 Å². The first-order chi connectivity index (χ1) is 14.5. The van der Waals surface area contributed by atoms with Crippen LogP contribution >= 0.6 is 35.0 Å². The molecule has 7 nitrogen and oxygen atoms in total. The number of benzene rings is 1. The van der Waals surface area contributed by atoms with E-state index in [0.717, 1.165) is 53.9 Å². The molecule has 1 spiro atoms. The zero-order chi connectivity index (χ0) is 20.9. The second-order valence-corrected chi connectivity index (χ2v) is 9.83. The van der Waals surface area contributed by atoms with Gasteiger partial charge in [0.15, 0.2) is 5.65 Å². The molecule has 0 aliphatic carbocycles. The van der Waals surface area contributed by atoms with Crippen molar-refractivity contribution in [2.45, 2.75) is 41.7 Å². The molecule has 158 valence electrons. The molecule has 5 rings (SSSR count). The highest BCUT2D eigenvalue weighted by Gasteiger charge is 2.47. The van der Waals surface area contributed by atoms with Crippen LogP contribution in [-0.4, -0.2) is 51.4 Å². The quantitative estimate of drug-likeness (QED) is 0.628. The number of piperidine rings is 1. The summed E-state index contributed by atoms with van der Waals surface area (Å²) in [4.78, 5) is 13.2. The second-order valence-electron chi connectivity index (χ2n) is 7.96. The summed E-state index contributed by atoms with van der Waals surface area (Å²) in [5, 5.41) is 5.48. The van der Waals surface area contributed by atoms with E-state index in [0.29, 0.717) is 10.0 Å². The first kappa shape index (κ1) is 20.3. The van der Waals surface area contributed by atoms with E-state index in [2.05, 4.69) is 21.9 Å². The zero-order valence-corrected chi connectivity index (χ0v) is 18.8. The third-order valence-electron chi connectivity index (χ3n) is 6.28. The average Bonchev–Trinajstić information content (AvgIpc) is 3.35. The van der Waals surface area contributed by atoms with Crippen LogP contribution in [0.25, 0.3) is 5.65 Å². The third kappa shape index (κ3) is 3.35. The number of rotatable bonds is 3. The van der Waals surface area contributed by atoms with Crippen LogP contribution in [0.2, 0.25) is 10.0 Å². The molecule has 0 bridgehead atoms. The lowest BCUT2D eigenvalue weighted by molar-refractivity contribution is 0.0973. The van der Waals surface area contributed by atoms with Gasteiger partial charge in [-0.25, -0.2) is 9.97 Å². The molecule has 2 aliphatic heterocycles. The van der Waals surface area contributed by atoms with Crippen molar-refractivity contribution in [1.82, 2.24) is 19.6 Å². The standard InChI is InChI=1S/C20H22Cl2N6OS/c1-12-17(23)20(10-29-12)5-7-27(8-6-20)19-24-9-15(18-25-11-26-28(18)19)30-14-4-2-3-13(21)16(14)22/h2-4,9,11-12,17H,5-8,10,23H2,1H3/t12-,17-/m1/s1. The van der Waals surface area contributed by atoms with Crippen LogP contribution in [0.3, 0.4) is 0 Å². The molecule has 0 unspecified atom stereocenters. The molecule has 10 heteroatoms. The number of aromatic nitrogens is 4. The molecule has 3 aromatic rings. The van der Waals surface area contributed by atoms with E-state index >= 15 is 0 Å². The smallest absolute Gasteiger partial charge is 0.228 e. The molecule has 0 amide bonds. The zero-order valence-electron chi connectivity index (χ0n) is 16.5. The molecule has 2 aromatic heterocycles. The summed E-state index contributed by atoms with van der Waals surface area (Å²) < 4.78 is 7.64. The normalized spacial score (nSPS) is 23.5. The lowest BCUT2D eigenvalue weighted by atomic mass is 9.73. The number of hydrogen-bond acceptors (Lipinski definition) is 7. The van der Waals surface area contributed by atoms with E-state index in [9.17, 15) is 0 Å². The highest BCUT2D eigenvalue weighted by Crippen LogP contribution is 2.42. The molecule has 2 N–H and O–H groups in total. The number of anilines is 1. The van der Waals surface area contributed by atoms with Crippen molar-refractivity contribution in [2.75, 3.05) is 24.6 Å². The molecule has 30 heavy (non-hydrogen) atoms. The van der Waals surface area contributed by atoms with Crippen molar-refractivity contribution in [3.8, 4) is 0 Å². The van der Waals surface area contributed by atoms with Crippen LogP contribution in [0.1, 0.15) is 19.8 Å². The number of hydrogen-bond donors (Lipinski definition) is 1. The van der Waals surface area contributed by atoms with Gasteiger partial charge in [0, 0.05) is 35.6 Å². The minimum Gasteiger partial charge on any atom is -0.376 e. The molecular formula is C20H22Cl2N6OS. The molecule has 2 aliphatic rings. The maximum Gasteiger partial charge on any atom is 0.228 e. The van der Waals surface area contributed by atoms with Crippen molar-refractivity contribution in [1.29, 1.82) is 0 Å².